The number of aromatic nitrogens is 4. The average Bonchev–Trinajstić information content (AvgIpc) is 3.38. The van der Waals surface area contributed by atoms with Gasteiger partial charge in [0.25, 0.3) is 5.91 Å². The highest BCUT2D eigenvalue weighted by Crippen LogP contribution is 2.31. The van der Waals surface area contributed by atoms with Crippen LogP contribution in [-0.4, -0.2) is 47.9 Å². The Morgan fingerprint density at radius 1 is 1.21 bits per heavy atom. The lowest BCUT2D eigenvalue weighted by Crippen LogP contribution is -2.39. The summed E-state index contributed by atoms with van der Waals surface area (Å²) in [6, 6.07) is 5.35. The van der Waals surface area contributed by atoms with E-state index >= 15 is 0 Å². The van der Waals surface area contributed by atoms with Gasteiger partial charge in [-0.05, 0) is 75.3 Å². The Labute approximate surface area is 233 Å². The molecule has 1 unspecified atom stereocenters. The van der Waals surface area contributed by atoms with Gasteiger partial charge >= 0.3 is 5.97 Å². The van der Waals surface area contributed by atoms with Crippen molar-refractivity contribution in [3.63, 3.8) is 0 Å². The van der Waals surface area contributed by atoms with Crippen LogP contribution in [0.15, 0.2) is 47.8 Å². The van der Waals surface area contributed by atoms with Gasteiger partial charge in [-0.3, -0.25) is 9.59 Å². The van der Waals surface area contributed by atoms with Gasteiger partial charge in [-0.15, -0.1) is 6.42 Å². The van der Waals surface area contributed by atoms with E-state index in [0.717, 1.165) is 36.4 Å². The number of rotatable bonds is 9. The lowest BCUT2D eigenvalue weighted by Gasteiger charge is -2.35. The first-order valence-electron chi connectivity index (χ1n) is 13.1. The van der Waals surface area contributed by atoms with Gasteiger partial charge in [-0.2, -0.15) is 0 Å². The summed E-state index contributed by atoms with van der Waals surface area (Å²) in [5, 5.41) is 9.28. The highest BCUT2D eigenvalue weighted by molar-refractivity contribution is 6.32. The standard InChI is InChI=1S/C30H32ClN5O3/c1-4-22(31)14-12-20(2)28-24(9-5-6-11-27(37)38)33-25-19-21(13-15-23(25)34-28)30(39)36-17-8-7-10-26(36)29-32-16-18-35(29)3/h1,12-16,18-19,26H,5-11,17H2,2-3H3,(H,37,38)/b20-12+,22-14+. The van der Waals surface area contributed by atoms with E-state index in [9.17, 15) is 9.59 Å². The second-order valence-electron chi connectivity index (χ2n) is 9.74. The van der Waals surface area contributed by atoms with Gasteiger partial charge in [0, 0.05) is 38.0 Å². The molecule has 2 aromatic heterocycles. The molecule has 3 aromatic rings. The molecule has 0 saturated carbocycles. The van der Waals surface area contributed by atoms with Crippen molar-refractivity contribution in [2.75, 3.05) is 6.54 Å². The van der Waals surface area contributed by atoms with Crippen molar-refractivity contribution in [3.8, 4) is 12.3 Å². The highest BCUT2D eigenvalue weighted by atomic mass is 35.5. The fourth-order valence-electron chi connectivity index (χ4n) is 4.91. The smallest absolute Gasteiger partial charge is 0.303 e. The van der Waals surface area contributed by atoms with E-state index in [1.165, 1.54) is 0 Å². The maximum atomic E-state index is 13.7. The third-order valence-electron chi connectivity index (χ3n) is 6.95. The number of terminal acetylenes is 1. The van der Waals surface area contributed by atoms with Gasteiger partial charge in [0.2, 0.25) is 0 Å². The first-order valence-corrected chi connectivity index (χ1v) is 13.5. The van der Waals surface area contributed by atoms with E-state index in [-0.39, 0.29) is 23.4 Å². The van der Waals surface area contributed by atoms with Gasteiger partial charge in [-0.25, -0.2) is 15.0 Å². The van der Waals surface area contributed by atoms with Crippen LogP contribution in [0.4, 0.5) is 0 Å². The molecule has 1 aliphatic heterocycles. The number of nitrogens with zero attached hydrogens (tertiary/aromatic N) is 5. The van der Waals surface area contributed by atoms with Crippen molar-refractivity contribution in [2.24, 2.45) is 7.05 Å². The molecule has 3 heterocycles. The molecule has 39 heavy (non-hydrogen) atoms. The zero-order valence-electron chi connectivity index (χ0n) is 22.2. The van der Waals surface area contributed by atoms with Crippen molar-refractivity contribution in [2.45, 2.75) is 57.9 Å². The van der Waals surface area contributed by atoms with Crippen molar-refractivity contribution < 1.29 is 14.7 Å². The van der Waals surface area contributed by atoms with E-state index in [1.54, 1.807) is 30.5 Å². The van der Waals surface area contributed by atoms with Crippen LogP contribution in [0.2, 0.25) is 0 Å². The van der Waals surface area contributed by atoms with Crippen LogP contribution in [0.3, 0.4) is 0 Å². The number of aliphatic carboxylic acids is 1. The lowest BCUT2D eigenvalue weighted by molar-refractivity contribution is -0.137. The first-order chi connectivity index (χ1) is 18.8. The van der Waals surface area contributed by atoms with Gasteiger partial charge < -0.3 is 14.6 Å². The predicted molar refractivity (Wildman–Crippen MR) is 152 cm³/mol. The second-order valence-corrected chi connectivity index (χ2v) is 10.1. The molecule has 1 amide bonds. The molecule has 8 nitrogen and oxygen atoms in total. The molecule has 0 bridgehead atoms. The molecule has 202 valence electrons. The van der Waals surface area contributed by atoms with E-state index < -0.39 is 5.97 Å². The maximum absolute atomic E-state index is 13.7. The molecule has 9 heteroatoms. The zero-order valence-corrected chi connectivity index (χ0v) is 23.0. The number of allylic oxidation sites excluding steroid dienone is 4. The monoisotopic (exact) mass is 545 g/mol. The van der Waals surface area contributed by atoms with Gasteiger partial charge in [-0.1, -0.05) is 23.6 Å². The summed E-state index contributed by atoms with van der Waals surface area (Å²) in [6.07, 6.45) is 17.1. The summed E-state index contributed by atoms with van der Waals surface area (Å²) in [5.74, 6) is 2.39. The summed E-state index contributed by atoms with van der Waals surface area (Å²) in [7, 11) is 1.95. The molecule has 4 rings (SSSR count). The topological polar surface area (TPSA) is 101 Å². The molecule has 1 N–H and O–H groups in total. The average molecular weight is 546 g/mol. The SMILES string of the molecule is C#C/C(Cl)=C\C=C(/C)c1nc2ccc(C(=O)N3CCCCC3c3nccn3C)cc2nc1CCCCC(=O)O. The van der Waals surface area contributed by atoms with Crippen molar-refractivity contribution >= 4 is 40.1 Å². The number of carbonyl (C=O) groups excluding carboxylic acids is 1. The first kappa shape index (κ1) is 28.1. The maximum Gasteiger partial charge on any atom is 0.303 e. The Hall–Kier alpha value is -3.96. The molecule has 1 aliphatic rings. The number of fused-ring (bicyclic) bond motifs is 1. The number of halogens is 1. The minimum Gasteiger partial charge on any atom is -0.481 e. The molecule has 0 spiro atoms. The quantitative estimate of drug-likeness (QED) is 0.211. The normalized spacial score (nSPS) is 16.4. The number of hydrogen-bond acceptors (Lipinski definition) is 5. The van der Waals surface area contributed by atoms with Crippen LogP contribution in [0, 0.1) is 12.3 Å². The fraction of sp³-hybridized carbons (Fsp3) is 0.367. The molecular weight excluding hydrogens is 514 g/mol. The molecular formula is C30H32ClN5O3. The molecule has 1 atom stereocenters. The summed E-state index contributed by atoms with van der Waals surface area (Å²) in [5.41, 5.74) is 4.10. The molecule has 1 saturated heterocycles. The number of unbranched alkanes of at least 4 members (excludes halogenated alkanes) is 1. The third-order valence-corrected chi connectivity index (χ3v) is 7.18. The minimum absolute atomic E-state index is 0.0522. The number of piperidine rings is 1. The molecule has 0 aliphatic carbocycles. The van der Waals surface area contributed by atoms with Crippen LogP contribution in [0.5, 0.6) is 0 Å². The van der Waals surface area contributed by atoms with Crippen molar-refractivity contribution in [3.05, 3.63) is 70.6 Å². The molecule has 1 fully saturated rings. The number of likely N-dealkylation sites (tertiary alicyclic amines) is 1. The predicted octanol–water partition coefficient (Wildman–Crippen LogP) is 5.69. The Morgan fingerprint density at radius 2 is 2.03 bits per heavy atom. The number of carboxylic acid groups (broad SMARTS) is 1. The Bertz CT molecular complexity index is 1480. The van der Waals surface area contributed by atoms with Crippen LogP contribution in [0.25, 0.3) is 16.6 Å². The number of benzene rings is 1. The lowest BCUT2D eigenvalue weighted by atomic mass is 9.99. The van der Waals surface area contributed by atoms with E-state index in [2.05, 4.69) is 10.9 Å². The zero-order chi connectivity index (χ0) is 27.9. The Morgan fingerprint density at radius 3 is 2.74 bits per heavy atom. The van der Waals surface area contributed by atoms with Crippen LogP contribution in [-0.2, 0) is 18.3 Å². The molecule has 0 radical (unpaired) electrons. The summed E-state index contributed by atoms with van der Waals surface area (Å²) >= 11 is 5.97. The van der Waals surface area contributed by atoms with Crippen LogP contribution >= 0.6 is 11.6 Å². The van der Waals surface area contributed by atoms with Crippen LogP contribution < -0.4 is 0 Å². The number of hydrogen-bond donors (Lipinski definition) is 1. The largest absolute Gasteiger partial charge is 0.481 e. The van der Waals surface area contributed by atoms with Gasteiger partial charge in [0.15, 0.2) is 0 Å². The van der Waals surface area contributed by atoms with Crippen molar-refractivity contribution in [1.29, 1.82) is 0 Å². The molecule has 1 aromatic carbocycles. The Balaban J connectivity index is 1.68. The van der Waals surface area contributed by atoms with Gasteiger partial charge in [0.05, 0.1) is 33.5 Å². The summed E-state index contributed by atoms with van der Waals surface area (Å²) in [4.78, 5) is 40.9. The van der Waals surface area contributed by atoms with E-state index in [4.69, 9.17) is 33.1 Å². The number of imidazole rings is 1. The summed E-state index contributed by atoms with van der Waals surface area (Å²) < 4.78 is 1.97. The number of carbonyl (C=O) groups is 2. The highest BCUT2D eigenvalue weighted by Gasteiger charge is 2.31. The van der Waals surface area contributed by atoms with Crippen LogP contribution in [0.1, 0.15) is 79.1 Å². The van der Waals surface area contributed by atoms with Crippen molar-refractivity contribution in [1.82, 2.24) is 24.4 Å². The third kappa shape index (κ3) is 6.73. The van der Waals surface area contributed by atoms with E-state index in [1.807, 2.05) is 35.7 Å². The fourth-order valence-corrected chi connectivity index (χ4v) is 4.98. The Kier molecular flexibility index (Phi) is 9.15. The van der Waals surface area contributed by atoms with Gasteiger partial charge in [0.1, 0.15) is 5.82 Å². The number of amides is 1. The minimum atomic E-state index is -0.824. The summed E-state index contributed by atoms with van der Waals surface area (Å²) in [6.45, 7) is 2.57. The number of aryl methyl sites for hydroxylation is 2. The number of carboxylic acids is 1. The van der Waals surface area contributed by atoms with E-state index in [0.29, 0.717) is 48.1 Å². The second kappa shape index (κ2) is 12.7.